The number of amides is 2. The van der Waals surface area contributed by atoms with Crippen molar-refractivity contribution < 1.29 is 9.21 Å². The van der Waals surface area contributed by atoms with Gasteiger partial charge in [0, 0.05) is 29.5 Å². The van der Waals surface area contributed by atoms with Crippen molar-refractivity contribution in [2.24, 2.45) is 0 Å². The van der Waals surface area contributed by atoms with Crippen molar-refractivity contribution in [2.75, 3.05) is 5.32 Å². The van der Waals surface area contributed by atoms with E-state index in [0.717, 1.165) is 42.1 Å². The minimum Gasteiger partial charge on any atom is -0.411 e. The number of hydrogen-bond acceptors (Lipinski definition) is 8. The predicted octanol–water partition coefficient (Wildman–Crippen LogP) is 4.68. The number of nitrogens with one attached hydrogen (secondary N) is 2. The smallest absolute Gasteiger partial charge is 0.319 e. The summed E-state index contributed by atoms with van der Waals surface area (Å²) in [5.74, 6) is 0.390. The van der Waals surface area contributed by atoms with Crippen LogP contribution in [0.1, 0.15) is 32.1 Å². The summed E-state index contributed by atoms with van der Waals surface area (Å²) in [5, 5.41) is 16.0. The molecule has 3 aromatic heterocycles. The summed E-state index contributed by atoms with van der Waals surface area (Å²) >= 11 is 1.25. The van der Waals surface area contributed by atoms with Gasteiger partial charge in [0.2, 0.25) is 5.89 Å². The Morgan fingerprint density at radius 1 is 1.09 bits per heavy atom. The van der Waals surface area contributed by atoms with Crippen LogP contribution in [0, 0.1) is 0 Å². The molecule has 4 aromatic rings. The van der Waals surface area contributed by atoms with Crippen molar-refractivity contribution in [3.63, 3.8) is 0 Å². The summed E-state index contributed by atoms with van der Waals surface area (Å²) in [6.07, 6.45) is 10.5. The van der Waals surface area contributed by atoms with E-state index in [4.69, 9.17) is 4.42 Å². The minimum absolute atomic E-state index is 0.194. The summed E-state index contributed by atoms with van der Waals surface area (Å²) in [7, 11) is 0. The highest BCUT2D eigenvalue weighted by atomic mass is 32.2. The van der Waals surface area contributed by atoms with Crippen molar-refractivity contribution in [3.8, 4) is 11.5 Å². The Hall–Kier alpha value is -3.53. The molecule has 0 spiro atoms. The Kier molecular flexibility index (Phi) is 5.93. The molecule has 2 amide bonds. The number of hydrogen-bond donors (Lipinski definition) is 2. The van der Waals surface area contributed by atoms with E-state index in [9.17, 15) is 4.79 Å². The van der Waals surface area contributed by atoms with Gasteiger partial charge in [-0.05, 0) is 54.9 Å². The number of carbonyl (C=O) groups is 1. The standard InChI is InChI=1S/C22H21N7O2S/c30-21(26-15-6-2-1-3-7-15)27-16-8-9-18-17(11-16)20(25-13-24-18)32-22-29-28-19(31-22)14-5-4-10-23-12-14/h4-5,8-13,15H,1-3,6-7H2,(H2,26,27,30). The second-order valence-electron chi connectivity index (χ2n) is 7.56. The third-order valence-electron chi connectivity index (χ3n) is 5.30. The molecule has 0 unspecified atom stereocenters. The van der Waals surface area contributed by atoms with Crippen LogP contribution in [-0.4, -0.2) is 37.2 Å². The second kappa shape index (κ2) is 9.31. The van der Waals surface area contributed by atoms with Crippen LogP contribution in [0.15, 0.2) is 63.7 Å². The highest BCUT2D eigenvalue weighted by molar-refractivity contribution is 7.99. The van der Waals surface area contributed by atoms with Gasteiger partial charge in [-0.1, -0.05) is 19.3 Å². The van der Waals surface area contributed by atoms with E-state index in [1.165, 1.54) is 24.5 Å². The number of urea groups is 1. The molecule has 32 heavy (non-hydrogen) atoms. The van der Waals surface area contributed by atoms with E-state index >= 15 is 0 Å². The minimum atomic E-state index is -0.194. The average Bonchev–Trinajstić information content (AvgIpc) is 3.29. The molecule has 2 N–H and O–H groups in total. The highest BCUT2D eigenvalue weighted by Crippen LogP contribution is 2.33. The van der Waals surface area contributed by atoms with Gasteiger partial charge in [-0.25, -0.2) is 14.8 Å². The molecule has 162 valence electrons. The van der Waals surface area contributed by atoms with Crippen molar-refractivity contribution in [2.45, 2.75) is 48.4 Å². The van der Waals surface area contributed by atoms with Gasteiger partial charge in [0.25, 0.3) is 5.22 Å². The van der Waals surface area contributed by atoms with Crippen LogP contribution in [0.25, 0.3) is 22.4 Å². The summed E-state index contributed by atoms with van der Waals surface area (Å²) < 4.78 is 5.76. The molecule has 0 atom stereocenters. The summed E-state index contributed by atoms with van der Waals surface area (Å²) in [5.41, 5.74) is 2.17. The largest absolute Gasteiger partial charge is 0.411 e. The van der Waals surface area contributed by atoms with Crippen LogP contribution in [0.2, 0.25) is 0 Å². The first-order chi connectivity index (χ1) is 15.7. The van der Waals surface area contributed by atoms with E-state index in [1.807, 2.05) is 30.3 Å². The van der Waals surface area contributed by atoms with E-state index in [1.54, 1.807) is 12.4 Å². The van der Waals surface area contributed by atoms with E-state index in [0.29, 0.717) is 21.8 Å². The average molecular weight is 448 g/mol. The molecule has 0 saturated heterocycles. The maximum atomic E-state index is 12.4. The third-order valence-corrected chi connectivity index (χ3v) is 6.15. The molecule has 3 heterocycles. The molecule has 5 rings (SSSR count). The second-order valence-corrected chi connectivity index (χ2v) is 8.50. The first-order valence-electron chi connectivity index (χ1n) is 10.5. The Balaban J connectivity index is 1.33. The van der Waals surface area contributed by atoms with Crippen LogP contribution < -0.4 is 10.6 Å². The lowest BCUT2D eigenvalue weighted by Gasteiger charge is -2.22. The van der Waals surface area contributed by atoms with Crippen molar-refractivity contribution in [1.29, 1.82) is 0 Å². The summed E-state index contributed by atoms with van der Waals surface area (Å²) in [6, 6.07) is 9.25. The number of nitrogens with zero attached hydrogens (tertiary/aromatic N) is 5. The molecule has 10 heteroatoms. The van der Waals surface area contributed by atoms with Gasteiger partial charge in [-0.2, -0.15) is 0 Å². The van der Waals surface area contributed by atoms with Crippen LogP contribution in [-0.2, 0) is 0 Å². The Labute approximate surface area is 188 Å². The fourth-order valence-corrected chi connectivity index (χ4v) is 4.47. The topological polar surface area (TPSA) is 119 Å². The molecular weight excluding hydrogens is 426 g/mol. The van der Waals surface area contributed by atoms with Crippen molar-refractivity contribution in [3.05, 3.63) is 49.1 Å². The van der Waals surface area contributed by atoms with Gasteiger partial charge in [0.15, 0.2) is 0 Å². The van der Waals surface area contributed by atoms with Crippen LogP contribution in [0.3, 0.4) is 0 Å². The van der Waals surface area contributed by atoms with E-state index in [2.05, 4.69) is 35.8 Å². The zero-order valence-electron chi connectivity index (χ0n) is 17.2. The van der Waals surface area contributed by atoms with Gasteiger partial charge in [0.05, 0.1) is 11.1 Å². The molecule has 1 aromatic carbocycles. The molecular formula is C22H21N7O2S. The molecule has 9 nitrogen and oxygen atoms in total. The number of rotatable bonds is 5. The summed E-state index contributed by atoms with van der Waals surface area (Å²) in [4.78, 5) is 25.2. The van der Waals surface area contributed by atoms with Gasteiger partial charge >= 0.3 is 6.03 Å². The van der Waals surface area contributed by atoms with E-state index in [-0.39, 0.29) is 12.1 Å². The van der Waals surface area contributed by atoms with Crippen molar-refractivity contribution in [1.82, 2.24) is 30.5 Å². The van der Waals surface area contributed by atoms with Gasteiger partial charge in [0.1, 0.15) is 11.4 Å². The SMILES string of the molecule is O=C(Nc1ccc2ncnc(Sc3nnc(-c4cccnc4)o3)c2c1)NC1CCCCC1. The normalized spacial score (nSPS) is 14.4. The number of aromatic nitrogens is 5. The van der Waals surface area contributed by atoms with Gasteiger partial charge in [-0.3, -0.25) is 4.98 Å². The first-order valence-corrected chi connectivity index (χ1v) is 11.3. The quantitative estimate of drug-likeness (QED) is 0.423. The maximum absolute atomic E-state index is 12.4. The number of carbonyl (C=O) groups excluding carboxylic acids is 1. The molecule has 1 aliphatic rings. The fraction of sp³-hybridized carbons (Fsp3) is 0.273. The lowest BCUT2D eigenvalue weighted by molar-refractivity contribution is 0.244. The molecule has 1 aliphatic carbocycles. The number of fused-ring (bicyclic) bond motifs is 1. The lowest BCUT2D eigenvalue weighted by Crippen LogP contribution is -2.39. The zero-order valence-corrected chi connectivity index (χ0v) is 18.0. The number of benzene rings is 1. The van der Waals surface area contributed by atoms with Crippen LogP contribution in [0.4, 0.5) is 10.5 Å². The molecule has 0 bridgehead atoms. The molecule has 0 aliphatic heterocycles. The Morgan fingerprint density at radius 3 is 2.84 bits per heavy atom. The van der Waals surface area contributed by atoms with Crippen LogP contribution >= 0.6 is 11.8 Å². The third kappa shape index (κ3) is 4.70. The van der Waals surface area contributed by atoms with Gasteiger partial charge < -0.3 is 15.1 Å². The fourth-order valence-electron chi connectivity index (χ4n) is 3.73. The maximum Gasteiger partial charge on any atom is 0.319 e. The summed E-state index contributed by atoms with van der Waals surface area (Å²) in [6.45, 7) is 0. The monoisotopic (exact) mass is 447 g/mol. The first kappa shape index (κ1) is 20.4. The van der Waals surface area contributed by atoms with Gasteiger partial charge in [-0.15, -0.1) is 10.2 Å². The molecule has 1 saturated carbocycles. The number of pyridine rings is 1. The molecule has 1 fully saturated rings. The zero-order chi connectivity index (χ0) is 21.8. The lowest BCUT2D eigenvalue weighted by atomic mass is 9.96. The predicted molar refractivity (Wildman–Crippen MR) is 120 cm³/mol. The van der Waals surface area contributed by atoms with E-state index < -0.39 is 0 Å². The Morgan fingerprint density at radius 2 is 2.00 bits per heavy atom. The van der Waals surface area contributed by atoms with Crippen LogP contribution in [0.5, 0.6) is 0 Å². The molecule has 0 radical (unpaired) electrons. The number of anilines is 1. The Bertz CT molecular complexity index is 1230. The van der Waals surface area contributed by atoms with Crippen molar-refractivity contribution >= 4 is 34.4 Å². The highest BCUT2D eigenvalue weighted by Gasteiger charge is 2.17.